The molecular weight excluding hydrogens is 260 g/mol. The van der Waals surface area contributed by atoms with Crippen LogP contribution in [0.25, 0.3) is 0 Å². The number of nitrogens with zero attached hydrogens (tertiary/aromatic N) is 3. The molecule has 0 spiro atoms. The van der Waals surface area contributed by atoms with Crippen LogP contribution in [0.5, 0.6) is 0 Å². The molecule has 1 heterocycles. The zero-order valence-corrected chi connectivity index (χ0v) is 9.56. The average molecular weight is 269 g/mol. The van der Waals surface area contributed by atoms with Gasteiger partial charge in [0.15, 0.2) is 11.6 Å². The Bertz CT molecular complexity index is 565. The molecule has 2 N–H and O–H groups in total. The lowest BCUT2D eigenvalue weighted by atomic mass is 10.2. The van der Waals surface area contributed by atoms with Crippen molar-refractivity contribution < 1.29 is 13.7 Å². The maximum absolute atomic E-state index is 13.5. The van der Waals surface area contributed by atoms with Gasteiger partial charge in [-0.15, -0.1) is 0 Å². The standard InChI is InChI=1S/C10H9F2N5O2/c11-7-3-6(17(18)19)4-8(12)10(7)13-2-1-9-14-5-15-16-9/h3-5,13H,1-2H2,(H,14,15,16). The third-order valence-corrected chi connectivity index (χ3v) is 2.37. The Morgan fingerprint density at radius 2 is 2.05 bits per heavy atom. The Balaban J connectivity index is 2.06. The molecule has 1 aromatic carbocycles. The molecule has 0 radical (unpaired) electrons. The smallest absolute Gasteiger partial charge is 0.275 e. The lowest BCUT2D eigenvalue weighted by Gasteiger charge is -2.07. The minimum Gasteiger partial charge on any atom is -0.380 e. The van der Waals surface area contributed by atoms with Crippen molar-refractivity contribution in [3.63, 3.8) is 0 Å². The van der Waals surface area contributed by atoms with Gasteiger partial charge in [-0.05, 0) is 0 Å². The summed E-state index contributed by atoms with van der Waals surface area (Å²) in [5.74, 6) is -1.45. The maximum atomic E-state index is 13.5. The second-order valence-corrected chi connectivity index (χ2v) is 3.65. The monoisotopic (exact) mass is 269 g/mol. The number of nitro benzene ring substituents is 1. The number of anilines is 1. The highest BCUT2D eigenvalue weighted by Crippen LogP contribution is 2.24. The number of halogens is 2. The largest absolute Gasteiger partial charge is 0.380 e. The first-order valence-corrected chi connectivity index (χ1v) is 5.29. The van der Waals surface area contributed by atoms with E-state index >= 15 is 0 Å². The van der Waals surface area contributed by atoms with Crippen molar-refractivity contribution in [2.24, 2.45) is 0 Å². The van der Waals surface area contributed by atoms with E-state index in [9.17, 15) is 18.9 Å². The van der Waals surface area contributed by atoms with Gasteiger partial charge in [-0.25, -0.2) is 13.8 Å². The summed E-state index contributed by atoms with van der Waals surface area (Å²) in [5.41, 5.74) is -1.03. The number of aromatic amines is 1. The summed E-state index contributed by atoms with van der Waals surface area (Å²) in [7, 11) is 0. The Morgan fingerprint density at radius 1 is 1.37 bits per heavy atom. The van der Waals surface area contributed by atoms with Crippen molar-refractivity contribution in [2.45, 2.75) is 6.42 Å². The summed E-state index contributed by atoms with van der Waals surface area (Å²) < 4.78 is 27.0. The lowest BCUT2D eigenvalue weighted by Crippen LogP contribution is -2.09. The molecule has 0 atom stereocenters. The van der Waals surface area contributed by atoms with E-state index in [-0.39, 0.29) is 6.54 Å². The molecule has 2 aromatic rings. The molecule has 0 fully saturated rings. The average Bonchev–Trinajstić information content (AvgIpc) is 2.85. The van der Waals surface area contributed by atoms with Crippen molar-refractivity contribution in [3.8, 4) is 0 Å². The van der Waals surface area contributed by atoms with Crippen molar-refractivity contribution in [2.75, 3.05) is 11.9 Å². The van der Waals surface area contributed by atoms with Crippen molar-refractivity contribution in [3.05, 3.63) is 46.0 Å². The van der Waals surface area contributed by atoms with E-state index in [2.05, 4.69) is 20.5 Å². The number of benzene rings is 1. The summed E-state index contributed by atoms with van der Waals surface area (Å²) in [4.78, 5) is 13.4. The molecule has 0 amide bonds. The Labute approximate surface area is 105 Å². The fourth-order valence-corrected chi connectivity index (χ4v) is 1.49. The number of hydrogen-bond acceptors (Lipinski definition) is 5. The van der Waals surface area contributed by atoms with Crippen LogP contribution in [0.1, 0.15) is 5.82 Å². The van der Waals surface area contributed by atoms with E-state index in [1.165, 1.54) is 6.33 Å². The number of H-pyrrole nitrogens is 1. The number of rotatable bonds is 5. The summed E-state index contributed by atoms with van der Waals surface area (Å²) in [5, 5.41) is 19.2. The lowest BCUT2D eigenvalue weighted by molar-refractivity contribution is -0.385. The highest BCUT2D eigenvalue weighted by Gasteiger charge is 2.16. The minimum absolute atomic E-state index is 0.209. The second kappa shape index (κ2) is 5.38. The fraction of sp³-hybridized carbons (Fsp3) is 0.200. The van der Waals surface area contributed by atoms with Crippen LogP contribution < -0.4 is 5.32 Å². The van der Waals surface area contributed by atoms with Crippen LogP contribution in [0.3, 0.4) is 0 Å². The van der Waals surface area contributed by atoms with Gasteiger partial charge in [-0.2, -0.15) is 5.10 Å². The molecule has 100 valence electrons. The number of nitrogens with one attached hydrogen (secondary N) is 2. The van der Waals surface area contributed by atoms with Gasteiger partial charge in [-0.3, -0.25) is 15.2 Å². The van der Waals surface area contributed by atoms with Crippen LogP contribution in [-0.4, -0.2) is 26.6 Å². The Morgan fingerprint density at radius 3 is 2.58 bits per heavy atom. The predicted molar refractivity (Wildman–Crippen MR) is 61.6 cm³/mol. The molecule has 9 heteroatoms. The van der Waals surface area contributed by atoms with Crippen molar-refractivity contribution >= 4 is 11.4 Å². The van der Waals surface area contributed by atoms with Crippen LogP contribution >= 0.6 is 0 Å². The van der Waals surface area contributed by atoms with Crippen LogP contribution in [0.2, 0.25) is 0 Å². The predicted octanol–water partition coefficient (Wildman–Crippen LogP) is 1.65. The van der Waals surface area contributed by atoms with Crippen LogP contribution in [0.15, 0.2) is 18.5 Å². The summed E-state index contributed by atoms with van der Waals surface area (Å²) in [6.07, 6.45) is 1.71. The normalized spacial score (nSPS) is 10.4. The third-order valence-electron chi connectivity index (χ3n) is 2.37. The van der Waals surface area contributed by atoms with Gasteiger partial charge in [0.05, 0.1) is 17.1 Å². The highest BCUT2D eigenvalue weighted by molar-refractivity contribution is 5.51. The van der Waals surface area contributed by atoms with Crippen LogP contribution in [-0.2, 0) is 6.42 Å². The SMILES string of the molecule is O=[N+]([O-])c1cc(F)c(NCCc2ncn[nH]2)c(F)c1. The molecule has 1 aromatic heterocycles. The summed E-state index contributed by atoms with van der Waals surface area (Å²) in [6, 6.07) is 1.33. The van der Waals surface area contributed by atoms with Gasteiger partial charge >= 0.3 is 0 Å². The summed E-state index contributed by atoms with van der Waals surface area (Å²) in [6.45, 7) is 0.209. The minimum atomic E-state index is -1.01. The quantitative estimate of drug-likeness (QED) is 0.635. The first-order chi connectivity index (χ1) is 9.08. The number of non-ortho nitro benzene ring substituents is 1. The summed E-state index contributed by atoms with van der Waals surface area (Å²) >= 11 is 0. The first-order valence-electron chi connectivity index (χ1n) is 5.29. The van der Waals surface area contributed by atoms with Gasteiger partial charge in [0.25, 0.3) is 5.69 Å². The molecule has 0 aliphatic rings. The number of nitro groups is 1. The first kappa shape index (κ1) is 12.9. The second-order valence-electron chi connectivity index (χ2n) is 3.65. The van der Waals surface area contributed by atoms with Crippen molar-refractivity contribution in [1.82, 2.24) is 15.2 Å². The third kappa shape index (κ3) is 3.00. The van der Waals surface area contributed by atoms with E-state index < -0.39 is 27.9 Å². The molecule has 7 nitrogen and oxygen atoms in total. The van der Waals surface area contributed by atoms with E-state index in [1.54, 1.807) is 0 Å². The molecule has 0 unspecified atom stereocenters. The highest BCUT2D eigenvalue weighted by atomic mass is 19.1. The molecule has 0 bridgehead atoms. The molecule has 0 aliphatic heterocycles. The number of hydrogen-bond donors (Lipinski definition) is 2. The van der Waals surface area contributed by atoms with Crippen LogP contribution in [0.4, 0.5) is 20.2 Å². The molecular formula is C10H9F2N5O2. The van der Waals surface area contributed by atoms with E-state index in [1.807, 2.05) is 0 Å². The van der Waals surface area contributed by atoms with Gasteiger partial charge in [0, 0.05) is 13.0 Å². The Hall–Kier alpha value is -2.58. The molecule has 2 rings (SSSR count). The molecule has 0 saturated heterocycles. The fourth-order valence-electron chi connectivity index (χ4n) is 1.49. The molecule has 0 aliphatic carbocycles. The zero-order valence-electron chi connectivity index (χ0n) is 9.56. The van der Waals surface area contributed by atoms with Gasteiger partial charge in [0.1, 0.15) is 17.8 Å². The molecule has 19 heavy (non-hydrogen) atoms. The van der Waals surface area contributed by atoms with Gasteiger partial charge in [-0.1, -0.05) is 0 Å². The van der Waals surface area contributed by atoms with E-state index in [0.717, 1.165) is 0 Å². The van der Waals surface area contributed by atoms with Gasteiger partial charge < -0.3 is 5.32 Å². The van der Waals surface area contributed by atoms with E-state index in [4.69, 9.17) is 0 Å². The van der Waals surface area contributed by atoms with Crippen LogP contribution in [0, 0.1) is 21.7 Å². The zero-order chi connectivity index (χ0) is 13.8. The maximum Gasteiger partial charge on any atom is 0.275 e. The topological polar surface area (TPSA) is 96.7 Å². The molecule has 0 saturated carbocycles. The Kier molecular flexibility index (Phi) is 3.64. The van der Waals surface area contributed by atoms with E-state index in [0.29, 0.717) is 24.4 Å². The van der Waals surface area contributed by atoms with Gasteiger partial charge in [0.2, 0.25) is 0 Å². The van der Waals surface area contributed by atoms with Crippen molar-refractivity contribution in [1.29, 1.82) is 0 Å². The number of aromatic nitrogens is 3.